The number of thiophene rings is 1. The number of hydrogen-bond acceptors (Lipinski definition) is 5. The van der Waals surface area contributed by atoms with Gasteiger partial charge in [-0.3, -0.25) is 4.98 Å². The van der Waals surface area contributed by atoms with E-state index in [9.17, 15) is 8.42 Å². The van der Waals surface area contributed by atoms with E-state index >= 15 is 0 Å². The van der Waals surface area contributed by atoms with Gasteiger partial charge in [-0.05, 0) is 38.1 Å². The van der Waals surface area contributed by atoms with Gasteiger partial charge in [-0.2, -0.15) is 0 Å². The number of aryl methyl sites for hydroxylation is 1. The molecule has 2 aromatic rings. The lowest BCUT2D eigenvalue weighted by atomic mass is 10.2. The van der Waals surface area contributed by atoms with Crippen LogP contribution < -0.4 is 10.0 Å². The predicted molar refractivity (Wildman–Crippen MR) is 84.9 cm³/mol. The molecular formula is C14H19N3O2S2. The largest absolute Gasteiger partial charge is 0.315 e. The molecule has 114 valence electrons. The lowest BCUT2D eigenvalue weighted by Crippen LogP contribution is -2.26. The molecule has 2 aromatic heterocycles. The van der Waals surface area contributed by atoms with Crippen LogP contribution >= 0.6 is 11.3 Å². The minimum absolute atomic E-state index is 0.366. The van der Waals surface area contributed by atoms with Crippen LogP contribution in [0.2, 0.25) is 0 Å². The summed E-state index contributed by atoms with van der Waals surface area (Å²) >= 11 is 1.50. The SMILES string of the molecule is CNCc1cc(S(=O)(=O)NCCc2cccnc2)c(C)s1. The topological polar surface area (TPSA) is 71.1 Å². The van der Waals surface area contributed by atoms with Crippen LogP contribution in [0.4, 0.5) is 0 Å². The van der Waals surface area contributed by atoms with Gasteiger partial charge in [0.15, 0.2) is 0 Å². The number of aromatic nitrogens is 1. The normalized spacial score (nSPS) is 11.7. The summed E-state index contributed by atoms with van der Waals surface area (Å²) in [5.74, 6) is 0. The van der Waals surface area contributed by atoms with Crippen molar-refractivity contribution < 1.29 is 8.42 Å². The Bertz CT molecular complexity index is 681. The minimum atomic E-state index is -3.45. The van der Waals surface area contributed by atoms with E-state index in [-0.39, 0.29) is 0 Å². The summed E-state index contributed by atoms with van der Waals surface area (Å²) in [6.07, 6.45) is 4.07. The molecule has 21 heavy (non-hydrogen) atoms. The fourth-order valence-corrected chi connectivity index (χ4v) is 4.68. The third-order valence-electron chi connectivity index (χ3n) is 2.99. The zero-order valence-electron chi connectivity index (χ0n) is 12.1. The lowest BCUT2D eigenvalue weighted by molar-refractivity contribution is 0.581. The Labute approximate surface area is 129 Å². The average molecular weight is 325 g/mol. The van der Waals surface area contributed by atoms with Crippen LogP contribution in [0.3, 0.4) is 0 Å². The molecular weight excluding hydrogens is 306 g/mol. The molecule has 0 radical (unpaired) electrons. The maximum atomic E-state index is 12.3. The van der Waals surface area contributed by atoms with Crippen LogP contribution in [0.15, 0.2) is 35.5 Å². The molecule has 2 heterocycles. The highest BCUT2D eigenvalue weighted by Crippen LogP contribution is 2.25. The molecule has 0 spiro atoms. The summed E-state index contributed by atoms with van der Waals surface area (Å²) in [4.78, 5) is 6.22. The van der Waals surface area contributed by atoms with Crippen molar-refractivity contribution in [3.05, 3.63) is 45.9 Å². The highest BCUT2D eigenvalue weighted by Gasteiger charge is 2.19. The van der Waals surface area contributed by atoms with E-state index in [4.69, 9.17) is 0 Å². The van der Waals surface area contributed by atoms with Crippen LogP contribution in [0, 0.1) is 6.92 Å². The number of hydrogen-bond donors (Lipinski definition) is 2. The second kappa shape index (κ2) is 7.13. The van der Waals surface area contributed by atoms with Gasteiger partial charge in [-0.15, -0.1) is 11.3 Å². The smallest absolute Gasteiger partial charge is 0.241 e. The molecule has 5 nitrogen and oxygen atoms in total. The molecule has 2 N–H and O–H groups in total. The summed E-state index contributed by atoms with van der Waals surface area (Å²) in [6, 6.07) is 5.52. The Kier molecular flexibility index (Phi) is 5.46. The monoisotopic (exact) mass is 325 g/mol. The zero-order valence-corrected chi connectivity index (χ0v) is 13.7. The number of rotatable bonds is 7. The van der Waals surface area contributed by atoms with Gasteiger partial charge in [0.2, 0.25) is 10.0 Å². The maximum absolute atomic E-state index is 12.3. The zero-order chi connectivity index (χ0) is 15.3. The highest BCUT2D eigenvalue weighted by molar-refractivity contribution is 7.89. The van der Waals surface area contributed by atoms with E-state index in [1.165, 1.54) is 11.3 Å². The molecule has 0 amide bonds. The van der Waals surface area contributed by atoms with E-state index in [1.54, 1.807) is 18.5 Å². The van der Waals surface area contributed by atoms with Gasteiger partial charge < -0.3 is 5.32 Å². The van der Waals surface area contributed by atoms with E-state index in [0.29, 0.717) is 24.4 Å². The first-order chi connectivity index (χ1) is 10.0. The van der Waals surface area contributed by atoms with Gasteiger partial charge in [0, 0.05) is 35.2 Å². The van der Waals surface area contributed by atoms with Gasteiger partial charge in [-0.25, -0.2) is 13.1 Å². The molecule has 0 atom stereocenters. The summed E-state index contributed by atoms with van der Waals surface area (Å²) in [5, 5.41) is 3.03. The molecule has 0 saturated heterocycles. The third-order valence-corrected chi connectivity index (χ3v) is 5.76. The molecule has 0 aliphatic rings. The molecule has 0 bridgehead atoms. The van der Waals surface area contributed by atoms with Crippen LogP contribution in [0.1, 0.15) is 15.3 Å². The van der Waals surface area contributed by atoms with Crippen molar-refractivity contribution in [2.24, 2.45) is 0 Å². The van der Waals surface area contributed by atoms with Crippen LogP contribution in [-0.4, -0.2) is 27.0 Å². The molecule has 7 heteroatoms. The Hall–Kier alpha value is -1.28. The van der Waals surface area contributed by atoms with Crippen molar-refractivity contribution in [1.29, 1.82) is 0 Å². The molecule has 0 fully saturated rings. The van der Waals surface area contributed by atoms with E-state index < -0.39 is 10.0 Å². The molecule has 0 aromatic carbocycles. The first kappa shape index (κ1) is 16.1. The first-order valence-electron chi connectivity index (χ1n) is 6.65. The Balaban J connectivity index is 2.01. The van der Waals surface area contributed by atoms with Crippen molar-refractivity contribution in [1.82, 2.24) is 15.0 Å². The Morgan fingerprint density at radius 2 is 2.19 bits per heavy atom. The van der Waals surface area contributed by atoms with Crippen molar-refractivity contribution in [2.75, 3.05) is 13.6 Å². The van der Waals surface area contributed by atoms with E-state index in [2.05, 4.69) is 15.0 Å². The number of pyridine rings is 1. The third kappa shape index (κ3) is 4.34. The predicted octanol–water partition coefficient (Wildman–Crippen LogP) is 1.69. The lowest BCUT2D eigenvalue weighted by Gasteiger charge is -2.06. The molecule has 0 aliphatic heterocycles. The van der Waals surface area contributed by atoms with Crippen molar-refractivity contribution in [3.63, 3.8) is 0 Å². The van der Waals surface area contributed by atoms with Crippen LogP contribution in [-0.2, 0) is 23.0 Å². The van der Waals surface area contributed by atoms with Gasteiger partial charge >= 0.3 is 0 Å². The van der Waals surface area contributed by atoms with Crippen molar-refractivity contribution >= 4 is 21.4 Å². The Morgan fingerprint density at radius 3 is 2.86 bits per heavy atom. The van der Waals surface area contributed by atoms with Gasteiger partial charge in [0.25, 0.3) is 0 Å². The van der Waals surface area contributed by atoms with Crippen LogP contribution in [0.5, 0.6) is 0 Å². The standard InChI is InChI=1S/C14H19N3O2S2/c1-11-14(8-13(20-11)10-15-2)21(18,19)17-7-5-12-4-3-6-16-9-12/h3-4,6,8-9,15,17H,5,7,10H2,1-2H3. The molecule has 2 rings (SSSR count). The minimum Gasteiger partial charge on any atom is -0.315 e. The first-order valence-corrected chi connectivity index (χ1v) is 8.95. The molecule has 0 aliphatic carbocycles. The number of nitrogens with one attached hydrogen (secondary N) is 2. The summed E-state index contributed by atoms with van der Waals surface area (Å²) in [5.41, 5.74) is 1.01. The summed E-state index contributed by atoms with van der Waals surface area (Å²) < 4.78 is 27.3. The van der Waals surface area contributed by atoms with Crippen molar-refractivity contribution in [2.45, 2.75) is 24.8 Å². The highest BCUT2D eigenvalue weighted by atomic mass is 32.2. The van der Waals surface area contributed by atoms with E-state index in [0.717, 1.165) is 15.3 Å². The molecule has 0 saturated carbocycles. The summed E-state index contributed by atoms with van der Waals surface area (Å²) in [6.45, 7) is 2.88. The fourth-order valence-electron chi connectivity index (χ4n) is 2.01. The van der Waals surface area contributed by atoms with E-state index in [1.807, 2.05) is 26.1 Å². The number of sulfonamides is 1. The average Bonchev–Trinajstić information content (AvgIpc) is 2.82. The second-order valence-electron chi connectivity index (χ2n) is 4.67. The maximum Gasteiger partial charge on any atom is 0.241 e. The van der Waals surface area contributed by atoms with Gasteiger partial charge in [0.05, 0.1) is 4.90 Å². The van der Waals surface area contributed by atoms with Crippen LogP contribution in [0.25, 0.3) is 0 Å². The van der Waals surface area contributed by atoms with Gasteiger partial charge in [0.1, 0.15) is 0 Å². The van der Waals surface area contributed by atoms with Gasteiger partial charge in [-0.1, -0.05) is 6.07 Å². The molecule has 0 unspecified atom stereocenters. The quantitative estimate of drug-likeness (QED) is 0.813. The van der Waals surface area contributed by atoms with Crippen molar-refractivity contribution in [3.8, 4) is 0 Å². The number of nitrogens with zero attached hydrogens (tertiary/aromatic N) is 1. The summed E-state index contributed by atoms with van der Waals surface area (Å²) in [7, 11) is -1.60. The second-order valence-corrected chi connectivity index (χ2v) is 7.75. The fraction of sp³-hybridized carbons (Fsp3) is 0.357. The Morgan fingerprint density at radius 1 is 1.38 bits per heavy atom.